The molecular weight excluding hydrogens is 254 g/mol. The lowest BCUT2D eigenvalue weighted by molar-refractivity contribution is -0.113. The molecule has 0 unspecified atom stereocenters. The van der Waals surface area contributed by atoms with Crippen molar-refractivity contribution >= 4 is 21.4 Å². The van der Waals surface area contributed by atoms with E-state index in [2.05, 4.69) is 5.32 Å². The molecule has 0 heterocycles. The molecule has 0 bridgehead atoms. The van der Waals surface area contributed by atoms with Crippen LogP contribution in [0.2, 0.25) is 0 Å². The van der Waals surface area contributed by atoms with E-state index in [0.717, 1.165) is 5.56 Å². The Morgan fingerprint density at radius 1 is 1.39 bits per heavy atom. The number of aliphatic hydroxyl groups is 1. The van der Waals surface area contributed by atoms with Crippen molar-refractivity contribution in [3.05, 3.63) is 29.8 Å². The normalized spacial score (nSPS) is 11.2. The third-order valence-electron chi connectivity index (χ3n) is 2.27. The third-order valence-corrected chi connectivity index (χ3v) is 3.88. The maximum Gasteiger partial charge on any atom is 0.239 e. The summed E-state index contributed by atoms with van der Waals surface area (Å²) in [4.78, 5) is 11.5. The Labute approximate surface area is 107 Å². The number of rotatable bonds is 6. The third kappa shape index (κ3) is 5.29. The number of hydrogen-bond acceptors (Lipinski definition) is 4. The smallest absolute Gasteiger partial charge is 0.239 e. The Morgan fingerprint density at radius 2 is 2.11 bits per heavy atom. The minimum absolute atomic E-state index is 0.153. The number of aliphatic hydroxyl groups excluding tert-OH is 1. The number of sulfone groups is 1. The van der Waals surface area contributed by atoms with Gasteiger partial charge in [-0.25, -0.2) is 8.42 Å². The average Bonchev–Trinajstić information content (AvgIpc) is 2.25. The highest BCUT2D eigenvalue weighted by atomic mass is 32.2. The molecule has 0 spiro atoms. The van der Waals surface area contributed by atoms with E-state index in [1.54, 1.807) is 18.2 Å². The van der Waals surface area contributed by atoms with Crippen LogP contribution in [0.1, 0.15) is 12.0 Å². The lowest BCUT2D eigenvalue weighted by Crippen LogP contribution is -2.25. The summed E-state index contributed by atoms with van der Waals surface area (Å²) in [5, 5.41) is 11.1. The minimum atomic E-state index is -3.45. The van der Waals surface area contributed by atoms with E-state index in [-0.39, 0.29) is 18.8 Å². The van der Waals surface area contributed by atoms with E-state index < -0.39 is 21.5 Å². The van der Waals surface area contributed by atoms with Crippen LogP contribution in [0.5, 0.6) is 0 Å². The molecule has 1 aromatic carbocycles. The van der Waals surface area contributed by atoms with Crippen LogP contribution >= 0.6 is 0 Å². The number of benzene rings is 1. The van der Waals surface area contributed by atoms with E-state index in [1.165, 1.54) is 0 Å². The van der Waals surface area contributed by atoms with E-state index in [1.807, 2.05) is 13.0 Å². The van der Waals surface area contributed by atoms with Gasteiger partial charge in [0.2, 0.25) is 5.91 Å². The molecule has 0 aliphatic rings. The van der Waals surface area contributed by atoms with Crippen molar-refractivity contribution in [1.82, 2.24) is 0 Å². The van der Waals surface area contributed by atoms with Gasteiger partial charge in [-0.3, -0.25) is 4.79 Å². The van der Waals surface area contributed by atoms with Gasteiger partial charge in [-0.15, -0.1) is 0 Å². The number of hydrogen-bond donors (Lipinski definition) is 2. The number of amides is 1. The quantitative estimate of drug-likeness (QED) is 0.799. The topological polar surface area (TPSA) is 83.5 Å². The Balaban J connectivity index is 2.57. The molecule has 0 aromatic heterocycles. The van der Waals surface area contributed by atoms with Crippen LogP contribution in [0.3, 0.4) is 0 Å². The molecule has 0 fully saturated rings. The van der Waals surface area contributed by atoms with Crippen molar-refractivity contribution in [2.24, 2.45) is 0 Å². The number of aryl methyl sites for hydroxylation is 1. The molecule has 5 nitrogen and oxygen atoms in total. The predicted molar refractivity (Wildman–Crippen MR) is 70.2 cm³/mol. The molecule has 6 heteroatoms. The monoisotopic (exact) mass is 271 g/mol. The summed E-state index contributed by atoms with van der Waals surface area (Å²) >= 11 is 0. The fourth-order valence-corrected chi connectivity index (χ4v) is 2.66. The zero-order chi connectivity index (χ0) is 13.6. The number of carbonyl (C=O) groups is 1. The second-order valence-corrected chi connectivity index (χ2v) is 6.27. The van der Waals surface area contributed by atoms with Gasteiger partial charge in [0.05, 0.1) is 5.75 Å². The first-order valence-electron chi connectivity index (χ1n) is 5.61. The molecule has 1 amide bonds. The van der Waals surface area contributed by atoms with Gasteiger partial charge in [-0.2, -0.15) is 0 Å². The lowest BCUT2D eigenvalue weighted by atomic mass is 10.2. The Hall–Kier alpha value is -1.40. The Kier molecular flexibility index (Phi) is 5.30. The van der Waals surface area contributed by atoms with Crippen LogP contribution in [-0.2, 0) is 14.6 Å². The van der Waals surface area contributed by atoms with E-state index >= 15 is 0 Å². The molecule has 0 saturated carbocycles. The molecule has 0 aliphatic carbocycles. The highest BCUT2D eigenvalue weighted by Crippen LogP contribution is 2.09. The number of nitrogens with one attached hydrogen (secondary N) is 1. The molecule has 2 N–H and O–H groups in total. The van der Waals surface area contributed by atoms with Crippen LogP contribution in [0.4, 0.5) is 5.69 Å². The second kappa shape index (κ2) is 6.51. The largest absolute Gasteiger partial charge is 0.396 e. The summed E-state index contributed by atoms with van der Waals surface area (Å²) in [7, 11) is -3.45. The molecule has 1 rings (SSSR count). The first-order valence-corrected chi connectivity index (χ1v) is 7.43. The van der Waals surface area contributed by atoms with Gasteiger partial charge in [-0.05, 0) is 31.0 Å². The fraction of sp³-hybridized carbons (Fsp3) is 0.417. The van der Waals surface area contributed by atoms with Gasteiger partial charge in [0.1, 0.15) is 5.75 Å². The van der Waals surface area contributed by atoms with Crippen molar-refractivity contribution in [2.75, 3.05) is 23.4 Å². The van der Waals surface area contributed by atoms with Crippen LogP contribution in [0.15, 0.2) is 24.3 Å². The maximum absolute atomic E-state index is 11.5. The minimum Gasteiger partial charge on any atom is -0.396 e. The van der Waals surface area contributed by atoms with Crippen LogP contribution in [0.25, 0.3) is 0 Å². The van der Waals surface area contributed by atoms with Crippen molar-refractivity contribution in [3.8, 4) is 0 Å². The molecule has 1 aromatic rings. The first kappa shape index (κ1) is 14.7. The molecular formula is C12H17NO4S. The van der Waals surface area contributed by atoms with Gasteiger partial charge in [0.25, 0.3) is 0 Å². The fourth-order valence-electron chi connectivity index (χ4n) is 1.48. The van der Waals surface area contributed by atoms with Crippen LogP contribution in [-0.4, -0.2) is 37.5 Å². The number of anilines is 1. The Bertz CT molecular complexity index is 511. The standard InChI is InChI=1S/C12H17NO4S/c1-10-4-2-5-11(8-10)13-12(15)9-18(16,17)7-3-6-14/h2,4-5,8,14H,3,6-7,9H2,1H3,(H,13,15). The zero-order valence-corrected chi connectivity index (χ0v) is 11.0. The second-order valence-electron chi connectivity index (χ2n) is 4.09. The average molecular weight is 271 g/mol. The summed E-state index contributed by atoms with van der Waals surface area (Å²) in [6.07, 6.45) is 0.153. The molecule has 18 heavy (non-hydrogen) atoms. The van der Waals surface area contributed by atoms with Crippen molar-refractivity contribution in [1.29, 1.82) is 0 Å². The van der Waals surface area contributed by atoms with Crippen molar-refractivity contribution in [2.45, 2.75) is 13.3 Å². The van der Waals surface area contributed by atoms with E-state index in [4.69, 9.17) is 5.11 Å². The summed E-state index contributed by atoms with van der Waals surface area (Å²) < 4.78 is 23.0. The lowest BCUT2D eigenvalue weighted by Gasteiger charge is -2.06. The van der Waals surface area contributed by atoms with Gasteiger partial charge in [0.15, 0.2) is 9.84 Å². The molecule has 0 saturated heterocycles. The summed E-state index contributed by atoms with van der Waals surface area (Å²) in [6, 6.07) is 7.13. The molecule has 0 aliphatic heterocycles. The van der Waals surface area contributed by atoms with Crippen molar-refractivity contribution < 1.29 is 18.3 Å². The van der Waals surface area contributed by atoms with Gasteiger partial charge >= 0.3 is 0 Å². The van der Waals surface area contributed by atoms with Crippen LogP contribution in [0, 0.1) is 6.92 Å². The summed E-state index contributed by atoms with van der Waals surface area (Å²) in [6.45, 7) is 1.69. The summed E-state index contributed by atoms with van der Waals surface area (Å²) in [5.74, 6) is -1.29. The summed E-state index contributed by atoms with van der Waals surface area (Å²) in [5.41, 5.74) is 1.56. The zero-order valence-electron chi connectivity index (χ0n) is 10.2. The highest BCUT2D eigenvalue weighted by Gasteiger charge is 2.16. The maximum atomic E-state index is 11.5. The SMILES string of the molecule is Cc1cccc(NC(=O)CS(=O)(=O)CCCO)c1. The Morgan fingerprint density at radius 3 is 2.72 bits per heavy atom. The van der Waals surface area contributed by atoms with E-state index in [9.17, 15) is 13.2 Å². The van der Waals surface area contributed by atoms with Gasteiger partial charge in [-0.1, -0.05) is 12.1 Å². The van der Waals surface area contributed by atoms with E-state index in [0.29, 0.717) is 5.69 Å². The molecule has 0 radical (unpaired) electrons. The van der Waals surface area contributed by atoms with Gasteiger partial charge < -0.3 is 10.4 Å². The first-order chi connectivity index (χ1) is 8.43. The molecule has 100 valence electrons. The molecule has 0 atom stereocenters. The van der Waals surface area contributed by atoms with Crippen molar-refractivity contribution in [3.63, 3.8) is 0 Å². The van der Waals surface area contributed by atoms with Crippen LogP contribution < -0.4 is 5.32 Å². The number of carbonyl (C=O) groups excluding carboxylic acids is 1. The highest BCUT2D eigenvalue weighted by molar-refractivity contribution is 7.92. The van der Waals surface area contributed by atoms with Gasteiger partial charge in [0, 0.05) is 12.3 Å². The predicted octanol–water partition coefficient (Wildman–Crippen LogP) is 0.731.